The lowest BCUT2D eigenvalue weighted by Crippen LogP contribution is -2.20. The van der Waals surface area contributed by atoms with Crippen LogP contribution in [0, 0.1) is 0 Å². The summed E-state index contributed by atoms with van der Waals surface area (Å²) in [6, 6.07) is 17.8. The van der Waals surface area contributed by atoms with Crippen LogP contribution in [0.2, 0.25) is 0 Å². The molecule has 0 atom stereocenters. The maximum atomic E-state index is 12.3. The number of nitrogens with zero attached hydrogens (tertiary/aromatic N) is 2. The normalized spacial score (nSPS) is 11.6. The van der Waals surface area contributed by atoms with Gasteiger partial charge in [0.1, 0.15) is 0 Å². The molecule has 0 radical (unpaired) electrons. The van der Waals surface area contributed by atoms with Crippen LogP contribution < -0.4 is 5.32 Å². The number of rotatable bonds is 4. The smallest absolute Gasteiger partial charge is 0.236 e. The number of anilines is 1. The van der Waals surface area contributed by atoms with E-state index in [1.54, 1.807) is 11.8 Å². The predicted octanol–water partition coefficient (Wildman–Crippen LogP) is 4.50. The van der Waals surface area contributed by atoms with Crippen LogP contribution in [0.15, 0.2) is 54.6 Å². The van der Waals surface area contributed by atoms with Gasteiger partial charge in [0.25, 0.3) is 0 Å². The second kappa shape index (κ2) is 6.69. The molecule has 4 nitrogen and oxygen atoms in total. The lowest BCUT2D eigenvalue weighted by molar-refractivity contribution is -0.113. The van der Waals surface area contributed by atoms with Crippen molar-refractivity contribution in [3.05, 3.63) is 54.6 Å². The molecule has 0 saturated heterocycles. The maximum absolute atomic E-state index is 12.3. The lowest BCUT2D eigenvalue weighted by atomic mass is 10.3. The van der Waals surface area contributed by atoms with Gasteiger partial charge in [0.05, 0.1) is 16.8 Å². The Hall–Kier alpha value is -2.27. The number of carbonyl (C=O) groups excluding carboxylic acids is 1. The highest BCUT2D eigenvalue weighted by molar-refractivity contribution is 8.01. The predicted molar refractivity (Wildman–Crippen MR) is 102 cm³/mol. The van der Waals surface area contributed by atoms with Crippen LogP contribution in [0.5, 0.6) is 0 Å². The van der Waals surface area contributed by atoms with E-state index < -0.39 is 0 Å². The van der Waals surface area contributed by atoms with E-state index >= 15 is 0 Å². The summed E-state index contributed by atoms with van der Waals surface area (Å²) in [6.45, 7) is 6.30. The molecule has 0 aliphatic rings. The molecule has 0 saturated carbocycles. The minimum absolute atomic E-state index is 0.0394. The summed E-state index contributed by atoms with van der Waals surface area (Å²) < 4.78 is 2.03. The molecule has 3 rings (SSSR count). The van der Waals surface area contributed by atoms with E-state index in [1.165, 1.54) is 0 Å². The van der Waals surface area contributed by atoms with Gasteiger partial charge in [-0.15, -0.1) is 11.8 Å². The van der Waals surface area contributed by atoms with Gasteiger partial charge in [0.15, 0.2) is 0 Å². The second-order valence-corrected chi connectivity index (χ2v) is 8.35. The number of carbonyl (C=O) groups is 1. The Labute approximate surface area is 146 Å². The molecule has 0 aliphatic carbocycles. The highest BCUT2D eigenvalue weighted by Gasteiger charge is 2.17. The number of thioether (sulfide) groups is 1. The average Bonchev–Trinajstić information content (AvgIpc) is 2.91. The van der Waals surface area contributed by atoms with E-state index in [-0.39, 0.29) is 10.7 Å². The lowest BCUT2D eigenvalue weighted by Gasteiger charge is -2.17. The first kappa shape index (κ1) is 16.6. The van der Waals surface area contributed by atoms with E-state index in [1.807, 2.05) is 59.2 Å². The Bertz CT molecular complexity index is 850. The van der Waals surface area contributed by atoms with Gasteiger partial charge in [-0.25, -0.2) is 4.98 Å². The molecule has 0 bridgehead atoms. The SMILES string of the molecule is CC(C)(C)SCC(=O)Nc1nc2ccccc2n1-c1ccccc1. The summed E-state index contributed by atoms with van der Waals surface area (Å²) in [4.78, 5) is 16.9. The summed E-state index contributed by atoms with van der Waals surface area (Å²) in [6.07, 6.45) is 0. The summed E-state index contributed by atoms with van der Waals surface area (Å²) in [5.74, 6) is 0.922. The first-order valence-electron chi connectivity index (χ1n) is 7.91. The summed E-state index contributed by atoms with van der Waals surface area (Å²) in [5, 5.41) is 2.96. The van der Waals surface area contributed by atoms with Crippen molar-refractivity contribution in [2.24, 2.45) is 0 Å². The second-order valence-electron chi connectivity index (χ2n) is 6.54. The number of hydrogen-bond donors (Lipinski definition) is 1. The first-order chi connectivity index (χ1) is 11.4. The molecule has 0 unspecified atom stereocenters. The molecule has 2 aromatic carbocycles. The van der Waals surface area contributed by atoms with Gasteiger partial charge in [0, 0.05) is 10.4 Å². The van der Waals surface area contributed by atoms with E-state index in [4.69, 9.17) is 0 Å². The van der Waals surface area contributed by atoms with Gasteiger partial charge in [0.2, 0.25) is 11.9 Å². The van der Waals surface area contributed by atoms with Crippen LogP contribution in [0.3, 0.4) is 0 Å². The number of fused-ring (bicyclic) bond motifs is 1. The molecule has 1 heterocycles. The van der Waals surface area contributed by atoms with Crippen LogP contribution in [-0.4, -0.2) is 26.0 Å². The molecule has 1 aromatic heterocycles. The van der Waals surface area contributed by atoms with Crippen LogP contribution >= 0.6 is 11.8 Å². The topological polar surface area (TPSA) is 46.9 Å². The number of imidazole rings is 1. The summed E-state index contributed by atoms with van der Waals surface area (Å²) in [5.41, 5.74) is 2.81. The minimum atomic E-state index is -0.0394. The standard InChI is InChI=1S/C19H21N3OS/c1-19(2,3)24-13-17(23)21-18-20-15-11-7-8-12-16(15)22(18)14-9-5-4-6-10-14/h4-12H,13H2,1-3H3,(H,20,21,23). The van der Waals surface area contributed by atoms with Crippen molar-refractivity contribution in [2.45, 2.75) is 25.5 Å². The Morgan fingerprint density at radius 3 is 2.46 bits per heavy atom. The molecule has 5 heteroatoms. The molecule has 1 N–H and O–H groups in total. The van der Waals surface area contributed by atoms with Crippen LogP contribution in [-0.2, 0) is 4.79 Å². The fourth-order valence-corrected chi connectivity index (χ4v) is 3.03. The molecule has 0 aliphatic heterocycles. The molecule has 1 amide bonds. The van der Waals surface area contributed by atoms with Gasteiger partial charge >= 0.3 is 0 Å². The number of hydrogen-bond acceptors (Lipinski definition) is 3. The number of benzene rings is 2. The number of para-hydroxylation sites is 3. The van der Waals surface area contributed by atoms with E-state index in [2.05, 4.69) is 31.1 Å². The molecule has 24 heavy (non-hydrogen) atoms. The van der Waals surface area contributed by atoms with Crippen LogP contribution in [0.4, 0.5) is 5.95 Å². The zero-order chi connectivity index (χ0) is 17.2. The van der Waals surface area contributed by atoms with E-state index in [9.17, 15) is 4.79 Å². The third-order valence-electron chi connectivity index (χ3n) is 3.46. The third kappa shape index (κ3) is 3.79. The van der Waals surface area contributed by atoms with Crippen molar-refractivity contribution < 1.29 is 4.79 Å². The van der Waals surface area contributed by atoms with Gasteiger partial charge in [-0.3, -0.25) is 14.7 Å². The first-order valence-corrected chi connectivity index (χ1v) is 8.89. The van der Waals surface area contributed by atoms with Gasteiger partial charge in [-0.05, 0) is 24.3 Å². The molecule has 0 fully saturated rings. The summed E-state index contributed by atoms with van der Waals surface area (Å²) in [7, 11) is 0. The quantitative estimate of drug-likeness (QED) is 0.761. The third-order valence-corrected chi connectivity index (χ3v) is 4.74. The molecule has 0 spiro atoms. The molecular formula is C19H21N3OS. The maximum Gasteiger partial charge on any atom is 0.236 e. The summed E-state index contributed by atoms with van der Waals surface area (Å²) >= 11 is 1.62. The Morgan fingerprint density at radius 1 is 1.08 bits per heavy atom. The van der Waals surface area contributed by atoms with Crippen molar-refractivity contribution in [1.82, 2.24) is 9.55 Å². The fraction of sp³-hybridized carbons (Fsp3) is 0.263. The van der Waals surface area contributed by atoms with Crippen molar-refractivity contribution in [3.8, 4) is 5.69 Å². The number of aromatic nitrogens is 2. The molecular weight excluding hydrogens is 318 g/mol. The van der Waals surface area contributed by atoms with Gasteiger partial charge < -0.3 is 0 Å². The number of amides is 1. The van der Waals surface area contributed by atoms with Gasteiger partial charge in [-0.1, -0.05) is 51.1 Å². The van der Waals surface area contributed by atoms with Crippen molar-refractivity contribution in [1.29, 1.82) is 0 Å². The highest BCUT2D eigenvalue weighted by atomic mass is 32.2. The Kier molecular flexibility index (Phi) is 4.62. The zero-order valence-electron chi connectivity index (χ0n) is 14.1. The van der Waals surface area contributed by atoms with Crippen molar-refractivity contribution in [3.63, 3.8) is 0 Å². The molecule has 124 valence electrons. The minimum Gasteiger partial charge on any atom is -0.295 e. The monoisotopic (exact) mass is 339 g/mol. The van der Waals surface area contributed by atoms with E-state index in [0.29, 0.717) is 11.7 Å². The zero-order valence-corrected chi connectivity index (χ0v) is 14.9. The fourth-order valence-electron chi connectivity index (χ4n) is 2.39. The van der Waals surface area contributed by atoms with Crippen molar-refractivity contribution in [2.75, 3.05) is 11.1 Å². The molecule has 3 aromatic rings. The largest absolute Gasteiger partial charge is 0.295 e. The average molecular weight is 339 g/mol. The Morgan fingerprint density at radius 2 is 1.75 bits per heavy atom. The van der Waals surface area contributed by atoms with Crippen LogP contribution in [0.25, 0.3) is 16.7 Å². The van der Waals surface area contributed by atoms with Crippen molar-refractivity contribution >= 4 is 34.7 Å². The highest BCUT2D eigenvalue weighted by Crippen LogP contribution is 2.26. The van der Waals surface area contributed by atoms with E-state index in [0.717, 1.165) is 16.7 Å². The van der Waals surface area contributed by atoms with Gasteiger partial charge in [-0.2, -0.15) is 0 Å². The number of nitrogens with one attached hydrogen (secondary N) is 1. The van der Waals surface area contributed by atoms with Crippen LogP contribution in [0.1, 0.15) is 20.8 Å². The Balaban J connectivity index is 1.94.